The highest BCUT2D eigenvalue weighted by molar-refractivity contribution is 5.31. The third-order valence-electron chi connectivity index (χ3n) is 2.64. The number of aromatic nitrogens is 3. The molecular formula is C11H20N4O3. The maximum Gasteiger partial charge on any atom is 0.346 e. The zero-order chi connectivity index (χ0) is 13.9. The summed E-state index contributed by atoms with van der Waals surface area (Å²) in [5.74, 6) is 0.463. The van der Waals surface area contributed by atoms with Gasteiger partial charge in [0.25, 0.3) is 5.56 Å². The van der Waals surface area contributed by atoms with Gasteiger partial charge in [-0.15, -0.1) is 5.10 Å². The van der Waals surface area contributed by atoms with E-state index >= 15 is 0 Å². The Kier molecular flexibility index (Phi) is 4.66. The molecule has 0 aromatic carbocycles. The summed E-state index contributed by atoms with van der Waals surface area (Å²) in [5.41, 5.74) is -0.963. The average Bonchev–Trinajstić information content (AvgIpc) is 2.31. The second-order valence-electron chi connectivity index (χ2n) is 4.77. The lowest BCUT2D eigenvalue weighted by molar-refractivity contribution is 0.259. The number of anilines is 1. The topological polar surface area (TPSA) is 89.2 Å². The van der Waals surface area contributed by atoms with Crippen LogP contribution in [0.2, 0.25) is 0 Å². The minimum Gasteiger partial charge on any atom is -0.394 e. The molecule has 0 aliphatic carbocycles. The van der Waals surface area contributed by atoms with Crippen LogP contribution in [0.3, 0.4) is 0 Å². The maximum absolute atomic E-state index is 11.8. The van der Waals surface area contributed by atoms with E-state index in [0.29, 0.717) is 12.3 Å². The van der Waals surface area contributed by atoms with Gasteiger partial charge in [-0.2, -0.15) is 0 Å². The Morgan fingerprint density at radius 2 is 1.94 bits per heavy atom. The van der Waals surface area contributed by atoms with Crippen LogP contribution in [0.25, 0.3) is 0 Å². The molecule has 18 heavy (non-hydrogen) atoms. The molecule has 1 heterocycles. The van der Waals surface area contributed by atoms with Crippen LogP contribution in [0.4, 0.5) is 5.82 Å². The molecule has 0 aliphatic rings. The minimum atomic E-state index is -0.486. The standard InChI is InChI=1S/C11H20N4O3/c1-7(2)5-8(6-16)12-9-10(17)14(3)11(18)15(4)13-9/h7-8,16H,5-6H2,1-4H3,(H,12,13). The number of hydrogen-bond donors (Lipinski definition) is 2. The zero-order valence-corrected chi connectivity index (χ0v) is 11.2. The minimum absolute atomic E-state index is 0.0827. The first-order chi connectivity index (χ1) is 8.36. The summed E-state index contributed by atoms with van der Waals surface area (Å²) in [7, 11) is 2.87. The van der Waals surface area contributed by atoms with Gasteiger partial charge in [-0.1, -0.05) is 13.8 Å². The van der Waals surface area contributed by atoms with Crippen molar-refractivity contribution in [3.8, 4) is 0 Å². The van der Waals surface area contributed by atoms with E-state index in [1.807, 2.05) is 13.8 Å². The molecule has 1 unspecified atom stereocenters. The van der Waals surface area contributed by atoms with Gasteiger partial charge in [0.15, 0.2) is 0 Å². The Bertz CT molecular complexity index is 518. The molecule has 0 amide bonds. The predicted molar refractivity (Wildman–Crippen MR) is 68.7 cm³/mol. The summed E-state index contributed by atoms with van der Waals surface area (Å²) in [6.07, 6.45) is 0.712. The lowest BCUT2D eigenvalue weighted by Gasteiger charge is -2.18. The first kappa shape index (κ1) is 14.4. The molecule has 1 rings (SSSR count). The number of aryl methyl sites for hydroxylation is 1. The van der Waals surface area contributed by atoms with E-state index in [1.54, 1.807) is 0 Å². The van der Waals surface area contributed by atoms with Crippen LogP contribution in [-0.4, -0.2) is 32.1 Å². The van der Waals surface area contributed by atoms with Crippen molar-refractivity contribution < 1.29 is 5.11 Å². The van der Waals surface area contributed by atoms with Gasteiger partial charge in [-0.3, -0.25) is 9.36 Å². The number of nitrogens with one attached hydrogen (secondary N) is 1. The van der Waals surface area contributed by atoms with Gasteiger partial charge in [-0.05, 0) is 12.3 Å². The summed E-state index contributed by atoms with van der Waals surface area (Å²) >= 11 is 0. The molecular weight excluding hydrogens is 236 g/mol. The molecule has 0 saturated carbocycles. The summed E-state index contributed by atoms with van der Waals surface area (Å²) in [5, 5.41) is 16.0. The first-order valence-corrected chi connectivity index (χ1v) is 5.88. The molecule has 1 aromatic heterocycles. The average molecular weight is 256 g/mol. The van der Waals surface area contributed by atoms with Gasteiger partial charge in [0.05, 0.1) is 12.6 Å². The first-order valence-electron chi connectivity index (χ1n) is 5.88. The van der Waals surface area contributed by atoms with Crippen LogP contribution in [0.15, 0.2) is 9.59 Å². The van der Waals surface area contributed by atoms with E-state index in [2.05, 4.69) is 10.4 Å². The largest absolute Gasteiger partial charge is 0.394 e. The van der Waals surface area contributed by atoms with Crippen molar-refractivity contribution in [2.45, 2.75) is 26.3 Å². The molecule has 1 aromatic rings. The van der Waals surface area contributed by atoms with Crippen molar-refractivity contribution in [2.75, 3.05) is 11.9 Å². The van der Waals surface area contributed by atoms with E-state index in [4.69, 9.17) is 0 Å². The number of hydrogen-bond acceptors (Lipinski definition) is 5. The zero-order valence-electron chi connectivity index (χ0n) is 11.2. The number of nitrogens with zero attached hydrogens (tertiary/aromatic N) is 3. The summed E-state index contributed by atoms with van der Waals surface area (Å²) in [6, 6.07) is -0.247. The Balaban J connectivity index is 3.04. The van der Waals surface area contributed by atoms with Crippen LogP contribution < -0.4 is 16.6 Å². The second kappa shape index (κ2) is 5.81. The molecule has 7 heteroatoms. The third kappa shape index (κ3) is 3.19. The van der Waals surface area contributed by atoms with E-state index in [1.165, 1.54) is 14.1 Å². The van der Waals surface area contributed by atoms with Crippen molar-refractivity contribution in [1.29, 1.82) is 0 Å². The Hall–Kier alpha value is -1.63. The highest BCUT2D eigenvalue weighted by Crippen LogP contribution is 2.07. The number of aliphatic hydroxyl groups excluding tert-OH is 1. The van der Waals surface area contributed by atoms with E-state index < -0.39 is 11.2 Å². The van der Waals surface area contributed by atoms with Crippen molar-refractivity contribution >= 4 is 5.82 Å². The van der Waals surface area contributed by atoms with E-state index in [9.17, 15) is 14.7 Å². The van der Waals surface area contributed by atoms with Crippen molar-refractivity contribution in [1.82, 2.24) is 14.3 Å². The quantitative estimate of drug-likeness (QED) is 0.727. The van der Waals surface area contributed by atoms with Gasteiger partial charge in [0.1, 0.15) is 0 Å². The fourth-order valence-corrected chi connectivity index (χ4v) is 1.73. The van der Waals surface area contributed by atoms with Gasteiger partial charge < -0.3 is 10.4 Å². The summed E-state index contributed by atoms with van der Waals surface area (Å²) in [6.45, 7) is 3.96. The lowest BCUT2D eigenvalue weighted by Crippen LogP contribution is -2.41. The Morgan fingerprint density at radius 1 is 1.33 bits per heavy atom. The lowest BCUT2D eigenvalue weighted by atomic mass is 10.0. The Morgan fingerprint density at radius 3 is 2.44 bits per heavy atom. The van der Waals surface area contributed by atoms with Gasteiger partial charge in [0.2, 0.25) is 5.82 Å². The molecule has 0 saturated heterocycles. The van der Waals surface area contributed by atoms with Gasteiger partial charge >= 0.3 is 5.69 Å². The smallest absolute Gasteiger partial charge is 0.346 e. The van der Waals surface area contributed by atoms with Crippen molar-refractivity contribution in [3.05, 3.63) is 20.8 Å². The molecule has 0 aliphatic heterocycles. The van der Waals surface area contributed by atoms with E-state index in [0.717, 1.165) is 9.25 Å². The van der Waals surface area contributed by atoms with Crippen molar-refractivity contribution in [3.63, 3.8) is 0 Å². The summed E-state index contributed by atoms with van der Waals surface area (Å²) in [4.78, 5) is 23.3. The van der Waals surface area contributed by atoms with Crippen LogP contribution in [0, 0.1) is 5.92 Å². The Labute approximate surface area is 105 Å². The number of aliphatic hydroxyl groups is 1. The van der Waals surface area contributed by atoms with E-state index in [-0.39, 0.29) is 18.5 Å². The van der Waals surface area contributed by atoms with Gasteiger partial charge in [-0.25, -0.2) is 9.48 Å². The third-order valence-corrected chi connectivity index (χ3v) is 2.64. The van der Waals surface area contributed by atoms with Gasteiger partial charge in [0, 0.05) is 14.1 Å². The normalized spacial score (nSPS) is 12.8. The molecule has 0 bridgehead atoms. The highest BCUT2D eigenvalue weighted by atomic mass is 16.3. The van der Waals surface area contributed by atoms with Crippen LogP contribution in [0.5, 0.6) is 0 Å². The maximum atomic E-state index is 11.8. The monoisotopic (exact) mass is 256 g/mol. The second-order valence-corrected chi connectivity index (χ2v) is 4.77. The number of rotatable bonds is 5. The molecule has 102 valence electrons. The molecule has 2 N–H and O–H groups in total. The fourth-order valence-electron chi connectivity index (χ4n) is 1.73. The van der Waals surface area contributed by atoms with Crippen LogP contribution in [-0.2, 0) is 14.1 Å². The molecule has 1 atom stereocenters. The van der Waals surface area contributed by atoms with Crippen molar-refractivity contribution in [2.24, 2.45) is 20.0 Å². The molecule has 0 spiro atoms. The predicted octanol–water partition coefficient (Wildman–Crippen LogP) is -0.702. The van der Waals surface area contributed by atoms with Crippen LogP contribution in [0.1, 0.15) is 20.3 Å². The highest BCUT2D eigenvalue weighted by Gasteiger charge is 2.14. The molecule has 7 nitrogen and oxygen atoms in total. The molecule has 0 radical (unpaired) electrons. The summed E-state index contributed by atoms with van der Waals surface area (Å²) < 4.78 is 2.08. The molecule has 0 fully saturated rings. The SMILES string of the molecule is CC(C)CC(CO)Nc1nn(C)c(=O)n(C)c1=O. The fraction of sp³-hybridized carbons (Fsp3) is 0.727. The van der Waals surface area contributed by atoms with Crippen LogP contribution >= 0.6 is 0 Å².